The van der Waals surface area contributed by atoms with Gasteiger partial charge in [-0.25, -0.2) is 4.79 Å². The first-order chi connectivity index (χ1) is 9.85. The van der Waals surface area contributed by atoms with Crippen LogP contribution in [0.5, 0.6) is 11.5 Å². The fraction of sp³-hybridized carbons (Fsp3) is 0.462. The minimum absolute atomic E-state index is 0.348. The number of carbonyl (C=O) groups excluding carboxylic acids is 1. The predicted octanol–water partition coefficient (Wildman–Crippen LogP) is 4.40. The molecule has 0 unspecified atom stereocenters. The van der Waals surface area contributed by atoms with E-state index in [-0.39, 0.29) is 6.61 Å². The Labute approximate surface area is 138 Å². The van der Waals surface area contributed by atoms with E-state index in [9.17, 15) is 4.79 Å². The van der Waals surface area contributed by atoms with Crippen LogP contribution in [0, 0.1) is 0 Å². The lowest BCUT2D eigenvalue weighted by Crippen LogP contribution is -2.21. The minimum Gasteiger partial charge on any atom is -0.490 e. The van der Waals surface area contributed by atoms with Gasteiger partial charge in [-0.1, -0.05) is 34.8 Å². The van der Waals surface area contributed by atoms with E-state index in [1.54, 1.807) is 18.2 Å². The van der Waals surface area contributed by atoms with Crippen LogP contribution >= 0.6 is 34.8 Å². The molecule has 118 valence electrons. The highest BCUT2D eigenvalue weighted by Gasteiger charge is 2.22. The lowest BCUT2D eigenvalue weighted by molar-refractivity contribution is 0.164. The van der Waals surface area contributed by atoms with Gasteiger partial charge in [0.2, 0.25) is 3.79 Å². The van der Waals surface area contributed by atoms with Crippen molar-refractivity contribution in [3.63, 3.8) is 0 Å². The number of halogens is 3. The second kappa shape index (κ2) is 8.41. The van der Waals surface area contributed by atoms with Crippen LogP contribution in [-0.4, -0.2) is 29.7 Å². The Balaban J connectivity index is 2.70. The highest BCUT2D eigenvalue weighted by molar-refractivity contribution is 6.67. The SMILES string of the molecule is CCOc1ccc(NC(=O)OCC(Cl)(Cl)Cl)cc1OCC. The zero-order chi connectivity index (χ0) is 15.9. The van der Waals surface area contributed by atoms with Gasteiger partial charge < -0.3 is 14.2 Å². The van der Waals surface area contributed by atoms with Crippen molar-refractivity contribution < 1.29 is 19.0 Å². The third-order valence-electron chi connectivity index (χ3n) is 2.16. The number of amides is 1. The van der Waals surface area contributed by atoms with Gasteiger partial charge >= 0.3 is 6.09 Å². The summed E-state index contributed by atoms with van der Waals surface area (Å²) in [5, 5.41) is 2.51. The van der Waals surface area contributed by atoms with Gasteiger partial charge in [-0.2, -0.15) is 0 Å². The van der Waals surface area contributed by atoms with Gasteiger partial charge in [0.15, 0.2) is 11.5 Å². The van der Waals surface area contributed by atoms with Crippen LogP contribution in [0.4, 0.5) is 10.5 Å². The van der Waals surface area contributed by atoms with Crippen LogP contribution in [0.25, 0.3) is 0 Å². The van der Waals surface area contributed by atoms with E-state index in [4.69, 9.17) is 49.0 Å². The molecule has 1 rings (SSSR count). The Morgan fingerprint density at radius 2 is 1.76 bits per heavy atom. The van der Waals surface area contributed by atoms with Gasteiger partial charge in [-0.3, -0.25) is 5.32 Å². The van der Waals surface area contributed by atoms with Crippen LogP contribution in [0.15, 0.2) is 18.2 Å². The summed E-state index contributed by atoms with van der Waals surface area (Å²) in [7, 11) is 0. The first-order valence-corrected chi connectivity index (χ1v) is 7.39. The van der Waals surface area contributed by atoms with Gasteiger partial charge in [-0.05, 0) is 26.0 Å². The lowest BCUT2D eigenvalue weighted by Gasteiger charge is -2.14. The van der Waals surface area contributed by atoms with Crippen LogP contribution in [0.1, 0.15) is 13.8 Å². The molecule has 5 nitrogen and oxygen atoms in total. The van der Waals surface area contributed by atoms with Crippen molar-refractivity contribution in [1.82, 2.24) is 0 Å². The number of hydrogen-bond acceptors (Lipinski definition) is 4. The quantitative estimate of drug-likeness (QED) is 0.767. The van der Waals surface area contributed by atoms with Crippen LogP contribution in [0.2, 0.25) is 0 Å². The van der Waals surface area contributed by atoms with Crippen LogP contribution in [0.3, 0.4) is 0 Å². The summed E-state index contributed by atoms with van der Waals surface area (Å²) in [4.78, 5) is 11.6. The monoisotopic (exact) mass is 355 g/mol. The zero-order valence-corrected chi connectivity index (χ0v) is 13.9. The van der Waals surface area contributed by atoms with Crippen molar-refractivity contribution in [1.29, 1.82) is 0 Å². The smallest absolute Gasteiger partial charge is 0.411 e. The summed E-state index contributed by atoms with van der Waals surface area (Å²) in [6, 6.07) is 4.98. The molecule has 0 aromatic heterocycles. The van der Waals surface area contributed by atoms with E-state index in [0.717, 1.165) is 0 Å². The van der Waals surface area contributed by atoms with E-state index in [2.05, 4.69) is 5.32 Å². The average molecular weight is 357 g/mol. The summed E-state index contributed by atoms with van der Waals surface area (Å²) >= 11 is 16.5. The third-order valence-corrected chi connectivity index (χ3v) is 2.48. The normalized spacial score (nSPS) is 10.9. The molecular formula is C13H16Cl3NO4. The van der Waals surface area contributed by atoms with Gasteiger partial charge in [0.25, 0.3) is 0 Å². The lowest BCUT2D eigenvalue weighted by atomic mass is 10.2. The number of benzene rings is 1. The van der Waals surface area contributed by atoms with Gasteiger partial charge in [0.1, 0.15) is 6.61 Å². The third kappa shape index (κ3) is 6.98. The van der Waals surface area contributed by atoms with Crippen LogP contribution in [-0.2, 0) is 4.74 Å². The van der Waals surface area contributed by atoms with E-state index in [0.29, 0.717) is 30.4 Å². The molecule has 1 N–H and O–H groups in total. The summed E-state index contributed by atoms with van der Waals surface area (Å²) in [5.74, 6) is 1.12. The average Bonchev–Trinajstić information content (AvgIpc) is 2.39. The van der Waals surface area contributed by atoms with Crippen molar-refractivity contribution in [2.24, 2.45) is 0 Å². The van der Waals surface area contributed by atoms with Crippen molar-refractivity contribution in [3.8, 4) is 11.5 Å². The molecule has 8 heteroatoms. The Morgan fingerprint density at radius 3 is 2.33 bits per heavy atom. The summed E-state index contributed by atoms with van der Waals surface area (Å²) < 4.78 is 14.0. The first kappa shape index (κ1) is 18.0. The molecule has 0 atom stereocenters. The molecule has 0 spiro atoms. The second-order valence-electron chi connectivity index (χ2n) is 3.84. The Morgan fingerprint density at radius 1 is 1.14 bits per heavy atom. The Hall–Kier alpha value is -1.04. The highest BCUT2D eigenvalue weighted by atomic mass is 35.6. The second-order valence-corrected chi connectivity index (χ2v) is 6.36. The number of rotatable bonds is 6. The number of ether oxygens (including phenoxy) is 3. The molecule has 0 bridgehead atoms. The van der Waals surface area contributed by atoms with Crippen molar-refractivity contribution >= 4 is 46.6 Å². The van der Waals surface area contributed by atoms with Crippen molar-refractivity contribution in [3.05, 3.63) is 18.2 Å². The molecule has 0 saturated heterocycles. The summed E-state index contributed by atoms with van der Waals surface area (Å²) in [6.07, 6.45) is -0.729. The topological polar surface area (TPSA) is 56.8 Å². The van der Waals surface area contributed by atoms with E-state index < -0.39 is 9.89 Å². The molecule has 0 aliphatic carbocycles. The summed E-state index contributed by atoms with van der Waals surface area (Å²) in [5.41, 5.74) is 0.483. The minimum atomic E-state index is -1.65. The molecular weight excluding hydrogens is 341 g/mol. The highest BCUT2D eigenvalue weighted by Crippen LogP contribution is 2.31. The Bertz CT molecular complexity index is 477. The van der Waals surface area contributed by atoms with E-state index >= 15 is 0 Å². The first-order valence-electron chi connectivity index (χ1n) is 6.26. The van der Waals surface area contributed by atoms with Gasteiger partial charge in [-0.15, -0.1) is 0 Å². The molecule has 0 heterocycles. The maximum absolute atomic E-state index is 11.6. The van der Waals surface area contributed by atoms with Gasteiger partial charge in [0, 0.05) is 11.8 Å². The largest absolute Gasteiger partial charge is 0.490 e. The number of carbonyl (C=O) groups is 1. The molecule has 0 fully saturated rings. The maximum atomic E-state index is 11.6. The summed E-state index contributed by atoms with van der Waals surface area (Å²) in [6.45, 7) is 4.36. The molecule has 0 aliphatic heterocycles. The maximum Gasteiger partial charge on any atom is 0.411 e. The van der Waals surface area contributed by atoms with Crippen molar-refractivity contribution in [2.45, 2.75) is 17.6 Å². The van der Waals surface area contributed by atoms with E-state index in [1.165, 1.54) is 0 Å². The number of hydrogen-bond donors (Lipinski definition) is 1. The molecule has 1 amide bonds. The number of nitrogens with one attached hydrogen (secondary N) is 1. The fourth-order valence-corrected chi connectivity index (χ4v) is 1.59. The molecule has 1 aromatic carbocycles. The van der Waals surface area contributed by atoms with E-state index in [1.807, 2.05) is 13.8 Å². The number of alkyl halides is 3. The fourth-order valence-electron chi connectivity index (χ4n) is 1.43. The Kier molecular flexibility index (Phi) is 7.22. The predicted molar refractivity (Wildman–Crippen MR) is 84.0 cm³/mol. The zero-order valence-electron chi connectivity index (χ0n) is 11.6. The van der Waals surface area contributed by atoms with Crippen LogP contribution < -0.4 is 14.8 Å². The molecule has 0 aliphatic rings. The number of anilines is 1. The molecule has 0 saturated carbocycles. The molecule has 1 aromatic rings. The van der Waals surface area contributed by atoms with Crippen molar-refractivity contribution in [2.75, 3.05) is 25.1 Å². The standard InChI is InChI=1S/C13H16Cl3NO4/c1-3-19-10-6-5-9(7-11(10)20-4-2)17-12(18)21-8-13(14,15)16/h5-7H,3-4,8H2,1-2H3,(H,17,18). The van der Waals surface area contributed by atoms with Gasteiger partial charge in [0.05, 0.1) is 13.2 Å². The molecule has 21 heavy (non-hydrogen) atoms. The molecule has 0 radical (unpaired) electrons.